The number of benzene rings is 2. The molecule has 2 rings (SSSR count). The molecule has 1 amide bonds. The minimum atomic E-state index is -0.466. The van der Waals surface area contributed by atoms with Gasteiger partial charge in [-0.3, -0.25) is 10.1 Å². The monoisotopic (exact) mass is 438 g/mol. The fraction of sp³-hybridized carbons (Fsp3) is 0.423. The van der Waals surface area contributed by atoms with Crippen molar-refractivity contribution >= 4 is 17.9 Å². The normalized spacial score (nSPS) is 11.5. The molecule has 6 heteroatoms. The summed E-state index contributed by atoms with van der Waals surface area (Å²) in [6.45, 7) is 6.18. The lowest BCUT2D eigenvalue weighted by atomic mass is 10.0. The van der Waals surface area contributed by atoms with Crippen LogP contribution in [0.2, 0.25) is 0 Å². The third kappa shape index (κ3) is 9.33. The Morgan fingerprint density at radius 1 is 1.03 bits per heavy atom. The second-order valence-electron chi connectivity index (χ2n) is 8.79. The van der Waals surface area contributed by atoms with E-state index in [2.05, 4.69) is 11.4 Å². The molecule has 32 heavy (non-hydrogen) atoms. The fourth-order valence-corrected chi connectivity index (χ4v) is 3.31. The molecular formula is C26H34N2O4. The zero-order chi connectivity index (χ0) is 23.4. The van der Waals surface area contributed by atoms with Crippen molar-refractivity contribution in [2.24, 2.45) is 0 Å². The number of hydrogen-bond donors (Lipinski definition) is 1. The van der Waals surface area contributed by atoms with Gasteiger partial charge in [-0.2, -0.15) is 0 Å². The first-order valence-corrected chi connectivity index (χ1v) is 11.2. The first-order valence-electron chi connectivity index (χ1n) is 11.2. The minimum absolute atomic E-state index is 0.123. The van der Waals surface area contributed by atoms with Gasteiger partial charge >= 0.3 is 6.09 Å². The summed E-state index contributed by atoms with van der Waals surface area (Å²) in [6, 6.07) is 14.8. The molecule has 0 fully saturated rings. The fourth-order valence-electron chi connectivity index (χ4n) is 3.31. The van der Waals surface area contributed by atoms with Crippen LogP contribution in [0.25, 0.3) is 17.2 Å². The van der Waals surface area contributed by atoms with E-state index in [1.807, 2.05) is 69.3 Å². The van der Waals surface area contributed by atoms with Crippen LogP contribution in [0.3, 0.4) is 0 Å². The van der Waals surface area contributed by atoms with Crippen LogP contribution in [0.5, 0.6) is 0 Å². The largest absolute Gasteiger partial charge is 0.444 e. The van der Waals surface area contributed by atoms with Crippen LogP contribution in [0.1, 0.15) is 64.9 Å². The van der Waals surface area contributed by atoms with Crippen LogP contribution in [0.4, 0.5) is 10.5 Å². The summed E-state index contributed by atoms with van der Waals surface area (Å²) in [4.78, 5) is 22.8. The van der Waals surface area contributed by atoms with E-state index in [0.29, 0.717) is 12.1 Å². The summed E-state index contributed by atoms with van der Waals surface area (Å²) in [5.74, 6) is 0. The quantitative estimate of drug-likeness (QED) is 0.230. The van der Waals surface area contributed by atoms with Crippen molar-refractivity contribution in [3.8, 4) is 11.1 Å². The number of nitro benzene ring substituents is 1. The Labute approximate surface area is 190 Å². The van der Waals surface area contributed by atoms with E-state index in [1.54, 1.807) is 6.07 Å². The SMILES string of the molecule is CC(C)(C)OC(=O)NCCCCCCC/C=C/c1ccc(-c2ccccc2)c([N+](=O)[O-])c1. The van der Waals surface area contributed by atoms with E-state index < -0.39 is 5.60 Å². The van der Waals surface area contributed by atoms with E-state index in [9.17, 15) is 14.9 Å². The molecule has 0 atom stereocenters. The first-order chi connectivity index (χ1) is 15.3. The standard InChI is InChI=1S/C26H34N2O4/c1-26(2,3)32-25(29)27-19-13-8-6-4-5-7-10-14-21-17-18-23(24(20-21)28(30)31)22-15-11-9-12-16-22/h9-12,14-18,20H,4-8,13,19H2,1-3H3,(H,27,29)/b14-10+. The van der Waals surface area contributed by atoms with Gasteiger partial charge in [0.1, 0.15) is 5.60 Å². The van der Waals surface area contributed by atoms with E-state index in [0.717, 1.165) is 49.7 Å². The third-order valence-electron chi connectivity index (χ3n) is 4.83. The van der Waals surface area contributed by atoms with Crippen LogP contribution >= 0.6 is 0 Å². The van der Waals surface area contributed by atoms with Crippen LogP contribution in [-0.4, -0.2) is 23.2 Å². The maximum atomic E-state index is 11.6. The van der Waals surface area contributed by atoms with Gasteiger partial charge in [-0.05, 0) is 57.2 Å². The second-order valence-corrected chi connectivity index (χ2v) is 8.79. The number of nitrogens with one attached hydrogen (secondary N) is 1. The maximum absolute atomic E-state index is 11.6. The summed E-state index contributed by atoms with van der Waals surface area (Å²) >= 11 is 0. The summed E-state index contributed by atoms with van der Waals surface area (Å²) < 4.78 is 5.20. The van der Waals surface area contributed by atoms with Gasteiger partial charge in [0.15, 0.2) is 0 Å². The Morgan fingerprint density at radius 2 is 1.72 bits per heavy atom. The van der Waals surface area contributed by atoms with Gasteiger partial charge in [-0.15, -0.1) is 0 Å². The molecule has 0 saturated carbocycles. The molecule has 0 spiro atoms. The van der Waals surface area contributed by atoms with Crippen molar-refractivity contribution < 1.29 is 14.5 Å². The second kappa shape index (κ2) is 12.6. The molecule has 6 nitrogen and oxygen atoms in total. The number of alkyl carbamates (subject to hydrolysis) is 1. The molecule has 0 bridgehead atoms. The number of carbonyl (C=O) groups is 1. The predicted octanol–water partition coefficient (Wildman–Crippen LogP) is 7.14. The Kier molecular flexibility index (Phi) is 9.92. The zero-order valence-corrected chi connectivity index (χ0v) is 19.3. The number of carbonyl (C=O) groups excluding carboxylic acids is 1. The average Bonchev–Trinajstić information content (AvgIpc) is 2.74. The Balaban J connectivity index is 1.68. The molecule has 0 aliphatic heterocycles. The van der Waals surface area contributed by atoms with Crippen molar-refractivity contribution in [2.75, 3.05) is 6.54 Å². The van der Waals surface area contributed by atoms with Crippen molar-refractivity contribution in [3.05, 3.63) is 70.3 Å². The van der Waals surface area contributed by atoms with Gasteiger partial charge < -0.3 is 10.1 Å². The smallest absolute Gasteiger partial charge is 0.407 e. The lowest BCUT2D eigenvalue weighted by Gasteiger charge is -2.19. The molecule has 0 aromatic heterocycles. The van der Waals surface area contributed by atoms with Crippen LogP contribution in [-0.2, 0) is 4.74 Å². The first kappa shape index (κ1) is 25.1. The Bertz CT molecular complexity index is 902. The topological polar surface area (TPSA) is 81.5 Å². The lowest BCUT2D eigenvalue weighted by Crippen LogP contribution is -2.32. The Morgan fingerprint density at radius 3 is 2.41 bits per heavy atom. The van der Waals surface area contributed by atoms with E-state index >= 15 is 0 Å². The van der Waals surface area contributed by atoms with Crippen LogP contribution in [0.15, 0.2) is 54.6 Å². The predicted molar refractivity (Wildman–Crippen MR) is 130 cm³/mol. The number of rotatable bonds is 11. The van der Waals surface area contributed by atoms with Crippen molar-refractivity contribution in [3.63, 3.8) is 0 Å². The summed E-state index contributed by atoms with van der Waals surface area (Å²) in [7, 11) is 0. The molecule has 0 heterocycles. The van der Waals surface area contributed by atoms with Gasteiger partial charge in [0.2, 0.25) is 0 Å². The minimum Gasteiger partial charge on any atom is -0.444 e. The van der Waals surface area contributed by atoms with Crippen molar-refractivity contribution in [1.29, 1.82) is 0 Å². The molecule has 0 unspecified atom stereocenters. The van der Waals surface area contributed by atoms with Gasteiger partial charge in [0, 0.05) is 12.6 Å². The molecule has 2 aromatic rings. The number of ether oxygens (including phenoxy) is 1. The number of hydrogen-bond acceptors (Lipinski definition) is 4. The van der Waals surface area contributed by atoms with Gasteiger partial charge in [-0.1, -0.05) is 67.8 Å². The number of nitrogens with zero attached hydrogens (tertiary/aromatic N) is 1. The molecule has 0 saturated heterocycles. The van der Waals surface area contributed by atoms with Crippen molar-refractivity contribution in [1.82, 2.24) is 5.32 Å². The number of allylic oxidation sites excluding steroid dienone is 1. The molecule has 2 aromatic carbocycles. The highest BCUT2D eigenvalue weighted by Gasteiger charge is 2.16. The zero-order valence-electron chi connectivity index (χ0n) is 19.3. The maximum Gasteiger partial charge on any atom is 0.407 e. The molecule has 0 radical (unpaired) electrons. The number of amides is 1. The van der Waals surface area contributed by atoms with E-state index in [4.69, 9.17) is 4.74 Å². The highest BCUT2D eigenvalue weighted by atomic mass is 16.6. The average molecular weight is 439 g/mol. The van der Waals surface area contributed by atoms with Crippen LogP contribution in [0, 0.1) is 10.1 Å². The summed E-state index contributed by atoms with van der Waals surface area (Å²) in [5, 5.41) is 14.3. The third-order valence-corrected chi connectivity index (χ3v) is 4.83. The van der Waals surface area contributed by atoms with Gasteiger partial charge in [0.25, 0.3) is 5.69 Å². The Hall–Kier alpha value is -3.15. The number of unbranched alkanes of at least 4 members (excludes halogenated alkanes) is 5. The molecular weight excluding hydrogens is 404 g/mol. The lowest BCUT2D eigenvalue weighted by molar-refractivity contribution is -0.384. The highest BCUT2D eigenvalue weighted by molar-refractivity contribution is 5.75. The molecule has 1 N–H and O–H groups in total. The van der Waals surface area contributed by atoms with E-state index in [-0.39, 0.29) is 16.7 Å². The van der Waals surface area contributed by atoms with Crippen molar-refractivity contribution in [2.45, 2.75) is 64.9 Å². The van der Waals surface area contributed by atoms with Gasteiger partial charge in [0.05, 0.1) is 10.5 Å². The van der Waals surface area contributed by atoms with Crippen LogP contribution < -0.4 is 5.32 Å². The van der Waals surface area contributed by atoms with E-state index in [1.165, 1.54) is 0 Å². The summed E-state index contributed by atoms with van der Waals surface area (Å²) in [6.07, 6.45) is 9.90. The van der Waals surface area contributed by atoms with Gasteiger partial charge in [-0.25, -0.2) is 4.79 Å². The number of nitro groups is 1. The molecule has 0 aliphatic rings. The molecule has 0 aliphatic carbocycles. The highest BCUT2D eigenvalue weighted by Crippen LogP contribution is 2.31. The summed E-state index contributed by atoms with van der Waals surface area (Å²) in [5.41, 5.74) is 1.97. The molecule has 172 valence electrons.